The lowest BCUT2D eigenvalue weighted by Gasteiger charge is -2.31. The average Bonchev–Trinajstić information content (AvgIpc) is 3.04. The molecule has 170 valence electrons. The molecule has 0 radical (unpaired) electrons. The maximum Gasteiger partial charge on any atom is 0.331 e. The van der Waals surface area contributed by atoms with E-state index < -0.39 is 27.4 Å². The van der Waals surface area contributed by atoms with Crippen molar-refractivity contribution in [2.24, 2.45) is 0 Å². The van der Waals surface area contributed by atoms with E-state index in [4.69, 9.17) is 11.6 Å². The zero-order valence-electron chi connectivity index (χ0n) is 17.2. The van der Waals surface area contributed by atoms with Crippen molar-refractivity contribution in [2.75, 3.05) is 18.0 Å². The van der Waals surface area contributed by atoms with Gasteiger partial charge in [-0.2, -0.15) is 0 Å². The van der Waals surface area contributed by atoms with Gasteiger partial charge in [-0.05, 0) is 31.4 Å². The predicted octanol–water partition coefficient (Wildman–Crippen LogP) is 3.90. The molecular formula is C21H20ClF2N3O4S. The maximum absolute atomic E-state index is 14.5. The van der Waals surface area contributed by atoms with Crippen LogP contribution in [0.2, 0.25) is 5.02 Å². The molecule has 0 spiro atoms. The number of carboxylic acids is 1. The summed E-state index contributed by atoms with van der Waals surface area (Å²) in [5.74, 6) is -2.90. The fraction of sp³-hybridized carbons (Fsp3) is 0.381. The number of benzene rings is 1. The molecule has 0 saturated carbocycles. The first-order chi connectivity index (χ1) is 15.1. The first kappa shape index (κ1) is 22.6. The van der Waals surface area contributed by atoms with Crippen LogP contribution in [0.15, 0.2) is 23.3 Å². The lowest BCUT2D eigenvalue weighted by Crippen LogP contribution is -2.33. The minimum absolute atomic E-state index is 0.120. The minimum atomic E-state index is -3.44. The molecule has 0 atom stereocenters. The van der Waals surface area contributed by atoms with Crippen molar-refractivity contribution in [3.05, 3.63) is 51.2 Å². The zero-order valence-corrected chi connectivity index (χ0v) is 18.7. The topological polar surface area (TPSA) is 100 Å². The van der Waals surface area contributed by atoms with Gasteiger partial charge in [-0.25, -0.2) is 32.0 Å². The van der Waals surface area contributed by atoms with Gasteiger partial charge in [0.2, 0.25) is 0 Å². The van der Waals surface area contributed by atoms with Crippen molar-refractivity contribution in [3.8, 4) is 11.4 Å². The molecule has 2 aliphatic rings. The van der Waals surface area contributed by atoms with E-state index in [1.54, 1.807) is 6.92 Å². The number of piperidine rings is 1. The highest BCUT2D eigenvalue weighted by Crippen LogP contribution is 2.36. The number of halogens is 3. The van der Waals surface area contributed by atoms with Gasteiger partial charge in [0, 0.05) is 24.2 Å². The normalized spacial score (nSPS) is 17.4. The lowest BCUT2D eigenvalue weighted by atomic mass is 9.96. The molecule has 11 heteroatoms. The molecule has 1 aromatic carbocycles. The fourth-order valence-corrected chi connectivity index (χ4v) is 5.83. The third kappa shape index (κ3) is 4.21. The summed E-state index contributed by atoms with van der Waals surface area (Å²) in [7, 11) is -3.44. The standard InChI is InChI=1S/C21H20ClF2N3O4S/c1-2-12(21(28)29)11-3-5-27(6-4-11)20-14-9-32(30,31)10-18(14)25-19(26-20)13-7-17(24)15(22)8-16(13)23/h7-8H,2-6,9-10H2,1H3,(H,28,29). The molecule has 1 fully saturated rings. The third-order valence-corrected chi connectivity index (χ3v) is 7.48. The van der Waals surface area contributed by atoms with Crippen LogP contribution in [0.3, 0.4) is 0 Å². The second kappa shape index (κ2) is 8.40. The SMILES string of the molecule is CCC(C(=O)O)=C1CCN(c2nc(-c3cc(F)c(Cl)cc3F)nc3c2CS(=O)(=O)C3)CC1. The number of anilines is 1. The second-order valence-electron chi connectivity index (χ2n) is 7.80. The van der Waals surface area contributed by atoms with Crippen molar-refractivity contribution in [1.29, 1.82) is 0 Å². The summed E-state index contributed by atoms with van der Waals surface area (Å²) < 4.78 is 53.1. The number of nitrogens with zero attached hydrogens (tertiary/aromatic N) is 3. The molecule has 3 heterocycles. The summed E-state index contributed by atoms with van der Waals surface area (Å²) in [5.41, 5.74) is 1.74. The van der Waals surface area contributed by atoms with Crippen LogP contribution in [0.5, 0.6) is 0 Å². The fourth-order valence-electron chi connectivity index (χ4n) is 4.18. The molecule has 7 nitrogen and oxygen atoms in total. The van der Waals surface area contributed by atoms with Crippen molar-refractivity contribution < 1.29 is 27.1 Å². The Morgan fingerprint density at radius 3 is 2.47 bits per heavy atom. The number of carboxylic acid groups (broad SMARTS) is 1. The van der Waals surface area contributed by atoms with Gasteiger partial charge in [0.15, 0.2) is 15.7 Å². The summed E-state index contributed by atoms with van der Waals surface area (Å²) >= 11 is 5.64. The number of hydrogen-bond acceptors (Lipinski definition) is 6. The number of rotatable bonds is 4. The highest BCUT2D eigenvalue weighted by atomic mass is 35.5. The average molecular weight is 484 g/mol. The molecule has 1 N–H and O–H groups in total. The van der Waals surface area contributed by atoms with E-state index in [9.17, 15) is 27.1 Å². The van der Waals surface area contributed by atoms with Gasteiger partial charge in [0.1, 0.15) is 17.5 Å². The Kier molecular flexibility index (Phi) is 5.93. The number of fused-ring (bicyclic) bond motifs is 1. The molecule has 1 saturated heterocycles. The van der Waals surface area contributed by atoms with E-state index in [0.29, 0.717) is 49.3 Å². The van der Waals surface area contributed by atoms with Gasteiger partial charge in [-0.15, -0.1) is 0 Å². The lowest BCUT2D eigenvalue weighted by molar-refractivity contribution is -0.132. The molecule has 0 bridgehead atoms. The summed E-state index contributed by atoms with van der Waals surface area (Å²) in [4.78, 5) is 22.0. The van der Waals surface area contributed by atoms with Crippen LogP contribution in [-0.2, 0) is 26.1 Å². The first-order valence-corrected chi connectivity index (χ1v) is 12.2. The van der Waals surface area contributed by atoms with Crippen molar-refractivity contribution >= 4 is 33.2 Å². The van der Waals surface area contributed by atoms with Gasteiger partial charge >= 0.3 is 5.97 Å². The smallest absolute Gasteiger partial charge is 0.331 e. The molecule has 1 aromatic heterocycles. The van der Waals surface area contributed by atoms with Crippen LogP contribution in [0.4, 0.5) is 14.6 Å². The molecule has 0 amide bonds. The number of hydrogen-bond donors (Lipinski definition) is 1. The second-order valence-corrected chi connectivity index (χ2v) is 10.3. The van der Waals surface area contributed by atoms with Crippen molar-refractivity contribution in [2.45, 2.75) is 37.7 Å². The Morgan fingerprint density at radius 2 is 1.84 bits per heavy atom. The summed E-state index contributed by atoms with van der Waals surface area (Å²) in [5, 5.41) is 9.01. The summed E-state index contributed by atoms with van der Waals surface area (Å²) in [6.45, 7) is 2.64. The molecule has 4 rings (SSSR count). The van der Waals surface area contributed by atoms with Crippen LogP contribution < -0.4 is 4.90 Å². The molecular weight excluding hydrogens is 464 g/mol. The zero-order chi connectivity index (χ0) is 23.2. The minimum Gasteiger partial charge on any atom is -0.478 e. The van der Waals surface area contributed by atoms with Crippen LogP contribution >= 0.6 is 11.6 Å². The molecule has 0 aliphatic carbocycles. The number of sulfone groups is 1. The number of aromatic nitrogens is 2. The Labute approximate surface area is 188 Å². The Hall–Kier alpha value is -2.59. The molecule has 2 aliphatic heterocycles. The Balaban J connectivity index is 1.77. The monoisotopic (exact) mass is 483 g/mol. The van der Waals surface area contributed by atoms with E-state index in [1.165, 1.54) is 0 Å². The Morgan fingerprint density at radius 1 is 1.16 bits per heavy atom. The van der Waals surface area contributed by atoms with Crippen molar-refractivity contribution in [1.82, 2.24) is 9.97 Å². The summed E-state index contributed by atoms with van der Waals surface area (Å²) in [6, 6.07) is 1.72. The molecule has 0 unspecified atom stereocenters. The van der Waals surface area contributed by atoms with Gasteiger partial charge < -0.3 is 10.0 Å². The first-order valence-electron chi connectivity index (χ1n) is 10.0. The third-order valence-electron chi connectivity index (χ3n) is 5.75. The highest BCUT2D eigenvalue weighted by molar-refractivity contribution is 7.90. The van der Waals surface area contributed by atoms with Crippen LogP contribution in [-0.4, -0.2) is 42.6 Å². The van der Waals surface area contributed by atoms with Crippen molar-refractivity contribution in [3.63, 3.8) is 0 Å². The van der Waals surface area contributed by atoms with Crippen LogP contribution in [0, 0.1) is 11.6 Å². The summed E-state index contributed by atoms with van der Waals surface area (Å²) in [6.07, 6.45) is 1.39. The van der Waals surface area contributed by atoms with Crippen LogP contribution in [0.1, 0.15) is 37.4 Å². The quantitative estimate of drug-likeness (QED) is 0.520. The van der Waals surface area contributed by atoms with E-state index >= 15 is 0 Å². The van der Waals surface area contributed by atoms with Gasteiger partial charge in [0.05, 0.1) is 27.8 Å². The van der Waals surface area contributed by atoms with E-state index in [0.717, 1.165) is 17.7 Å². The largest absolute Gasteiger partial charge is 0.478 e. The molecule has 32 heavy (non-hydrogen) atoms. The van der Waals surface area contributed by atoms with E-state index in [1.807, 2.05) is 4.90 Å². The maximum atomic E-state index is 14.5. The van der Waals surface area contributed by atoms with Gasteiger partial charge in [0.25, 0.3) is 0 Å². The molecule has 2 aromatic rings. The van der Waals surface area contributed by atoms with Gasteiger partial charge in [-0.1, -0.05) is 24.1 Å². The Bertz CT molecular complexity index is 1250. The number of aliphatic carboxylic acids is 1. The van der Waals surface area contributed by atoms with E-state index in [-0.39, 0.29) is 33.6 Å². The predicted molar refractivity (Wildman–Crippen MR) is 115 cm³/mol. The number of carbonyl (C=O) groups is 1. The van der Waals surface area contributed by atoms with Crippen LogP contribution in [0.25, 0.3) is 11.4 Å². The van der Waals surface area contributed by atoms with Gasteiger partial charge in [-0.3, -0.25) is 0 Å². The van der Waals surface area contributed by atoms with E-state index in [2.05, 4.69) is 9.97 Å². The highest BCUT2D eigenvalue weighted by Gasteiger charge is 2.33.